The first-order valence-electron chi connectivity index (χ1n) is 4.68. The molecule has 0 aliphatic carbocycles. The van der Waals surface area contributed by atoms with Crippen molar-refractivity contribution in [3.8, 4) is 5.75 Å². The van der Waals surface area contributed by atoms with Crippen molar-refractivity contribution in [3.63, 3.8) is 0 Å². The van der Waals surface area contributed by atoms with Crippen LogP contribution in [0.4, 0.5) is 10.1 Å². The maximum Gasteiger partial charge on any atom is 0.303 e. The number of carboxylic acid groups (broad SMARTS) is 1. The summed E-state index contributed by atoms with van der Waals surface area (Å²) in [6.07, 6.45) is -0.284. The van der Waals surface area contributed by atoms with E-state index in [9.17, 15) is 19.3 Å². The largest absolute Gasteiger partial charge is 0.493 e. The number of aliphatic carboxylic acids is 1. The molecule has 0 aliphatic heterocycles. The molecule has 17 heavy (non-hydrogen) atoms. The third-order valence-corrected chi connectivity index (χ3v) is 2.13. The molecule has 0 fully saturated rings. The number of nitro benzene ring substituents is 1. The number of hydrogen-bond donors (Lipinski definition) is 1. The summed E-state index contributed by atoms with van der Waals surface area (Å²) >= 11 is 0. The first-order chi connectivity index (χ1) is 7.95. The van der Waals surface area contributed by atoms with E-state index in [4.69, 9.17) is 9.84 Å². The third-order valence-electron chi connectivity index (χ3n) is 2.13. The van der Waals surface area contributed by atoms with Crippen LogP contribution in [0.3, 0.4) is 0 Å². The van der Waals surface area contributed by atoms with E-state index >= 15 is 0 Å². The van der Waals surface area contributed by atoms with E-state index in [2.05, 4.69) is 0 Å². The van der Waals surface area contributed by atoms with Crippen molar-refractivity contribution in [3.05, 3.63) is 33.6 Å². The van der Waals surface area contributed by atoms with Crippen molar-refractivity contribution in [2.24, 2.45) is 0 Å². The van der Waals surface area contributed by atoms with Crippen LogP contribution in [0.25, 0.3) is 0 Å². The van der Waals surface area contributed by atoms with Crippen LogP contribution in [0.5, 0.6) is 5.75 Å². The van der Waals surface area contributed by atoms with Gasteiger partial charge in [0.15, 0.2) is 11.6 Å². The Hall–Kier alpha value is -2.18. The first kappa shape index (κ1) is 12.9. The Kier molecular flexibility index (Phi) is 3.97. The predicted molar refractivity (Wildman–Crippen MR) is 55.6 cm³/mol. The van der Waals surface area contributed by atoms with Crippen molar-refractivity contribution in [2.75, 3.05) is 7.11 Å². The lowest BCUT2D eigenvalue weighted by molar-refractivity contribution is -0.385. The Morgan fingerprint density at radius 1 is 1.59 bits per heavy atom. The number of ether oxygens (including phenoxy) is 1. The highest BCUT2D eigenvalue weighted by Gasteiger charge is 2.17. The summed E-state index contributed by atoms with van der Waals surface area (Å²) in [6.45, 7) is 0. The Morgan fingerprint density at radius 3 is 2.71 bits per heavy atom. The minimum atomic E-state index is -1.07. The monoisotopic (exact) mass is 243 g/mol. The van der Waals surface area contributed by atoms with Gasteiger partial charge in [0, 0.05) is 18.1 Å². The number of benzene rings is 1. The van der Waals surface area contributed by atoms with Gasteiger partial charge in [-0.2, -0.15) is 0 Å². The summed E-state index contributed by atoms with van der Waals surface area (Å²) < 4.78 is 18.2. The van der Waals surface area contributed by atoms with Gasteiger partial charge in [-0.15, -0.1) is 0 Å². The van der Waals surface area contributed by atoms with Gasteiger partial charge in [-0.1, -0.05) is 0 Å². The molecule has 0 aliphatic rings. The predicted octanol–water partition coefficient (Wildman–Crippen LogP) is 1.76. The molecule has 0 saturated heterocycles. The zero-order valence-corrected chi connectivity index (χ0v) is 8.97. The van der Waals surface area contributed by atoms with Crippen LogP contribution in [-0.2, 0) is 11.2 Å². The van der Waals surface area contributed by atoms with Crippen molar-refractivity contribution in [1.82, 2.24) is 0 Å². The van der Waals surface area contributed by atoms with Crippen LogP contribution in [-0.4, -0.2) is 23.1 Å². The summed E-state index contributed by atoms with van der Waals surface area (Å²) in [6, 6.07) is 1.86. The molecule has 1 aromatic carbocycles. The lowest BCUT2D eigenvalue weighted by Gasteiger charge is -2.08. The van der Waals surface area contributed by atoms with Crippen LogP contribution in [0.2, 0.25) is 0 Å². The molecule has 0 aromatic heterocycles. The van der Waals surface area contributed by atoms with E-state index in [-0.39, 0.29) is 24.2 Å². The molecule has 92 valence electrons. The Labute approximate surface area is 95.8 Å². The molecule has 6 nitrogen and oxygen atoms in total. The summed E-state index contributed by atoms with van der Waals surface area (Å²) in [5.74, 6) is -2.10. The van der Waals surface area contributed by atoms with Gasteiger partial charge in [0.1, 0.15) is 0 Å². The zero-order valence-electron chi connectivity index (χ0n) is 8.97. The smallest absolute Gasteiger partial charge is 0.303 e. The number of aryl methyl sites for hydroxylation is 1. The van der Waals surface area contributed by atoms with E-state index in [1.807, 2.05) is 0 Å². The number of non-ortho nitro benzene ring substituents is 1. The number of methoxy groups -OCH3 is 1. The van der Waals surface area contributed by atoms with Crippen molar-refractivity contribution in [2.45, 2.75) is 12.8 Å². The second kappa shape index (κ2) is 5.24. The van der Waals surface area contributed by atoms with Gasteiger partial charge >= 0.3 is 5.97 Å². The summed E-state index contributed by atoms with van der Waals surface area (Å²) in [7, 11) is 1.22. The summed E-state index contributed by atoms with van der Waals surface area (Å²) in [5, 5.41) is 19.0. The van der Waals surface area contributed by atoms with Gasteiger partial charge < -0.3 is 9.84 Å². The highest BCUT2D eigenvalue weighted by Crippen LogP contribution is 2.28. The topological polar surface area (TPSA) is 89.7 Å². The summed E-state index contributed by atoms with van der Waals surface area (Å²) in [4.78, 5) is 20.2. The molecule has 7 heteroatoms. The standard InChI is InChI=1S/C10H10FNO5/c1-17-10-6(2-3-9(13)14)4-7(12(15)16)5-8(10)11/h4-5H,2-3H2,1H3,(H,13,14). The summed E-state index contributed by atoms with van der Waals surface area (Å²) in [5.41, 5.74) is -0.259. The third kappa shape index (κ3) is 3.13. The van der Waals surface area contributed by atoms with Gasteiger partial charge in [-0.25, -0.2) is 4.39 Å². The maximum atomic E-state index is 13.4. The van der Waals surface area contributed by atoms with Gasteiger partial charge in [0.2, 0.25) is 0 Å². The highest BCUT2D eigenvalue weighted by molar-refractivity contribution is 5.67. The number of nitrogens with zero attached hydrogens (tertiary/aromatic N) is 1. The molecule has 0 heterocycles. The zero-order chi connectivity index (χ0) is 13.0. The Bertz CT molecular complexity index is 460. The molecule has 0 saturated carbocycles. The first-order valence-corrected chi connectivity index (χ1v) is 4.68. The average Bonchev–Trinajstić information content (AvgIpc) is 2.25. The normalized spacial score (nSPS) is 10.0. The minimum Gasteiger partial charge on any atom is -0.493 e. The lowest BCUT2D eigenvalue weighted by atomic mass is 10.1. The maximum absolute atomic E-state index is 13.4. The van der Waals surface area contributed by atoms with E-state index in [0.29, 0.717) is 0 Å². The lowest BCUT2D eigenvalue weighted by Crippen LogP contribution is -2.02. The molecule has 0 spiro atoms. The number of carbonyl (C=O) groups is 1. The average molecular weight is 243 g/mol. The molecule has 1 rings (SSSR count). The van der Waals surface area contributed by atoms with Crippen LogP contribution in [0, 0.1) is 15.9 Å². The van der Waals surface area contributed by atoms with Crippen LogP contribution < -0.4 is 4.74 Å². The second-order valence-electron chi connectivity index (χ2n) is 3.27. The van der Waals surface area contributed by atoms with Crippen molar-refractivity contribution in [1.29, 1.82) is 0 Å². The molecule has 1 N–H and O–H groups in total. The van der Waals surface area contributed by atoms with Gasteiger partial charge in [0.05, 0.1) is 18.1 Å². The SMILES string of the molecule is COc1c(F)cc([N+](=O)[O-])cc1CCC(=O)O. The molecular formula is C10H10FNO5. The quantitative estimate of drug-likeness (QED) is 0.628. The van der Waals surface area contributed by atoms with E-state index in [1.165, 1.54) is 7.11 Å². The molecule has 0 unspecified atom stereocenters. The van der Waals surface area contributed by atoms with E-state index in [1.54, 1.807) is 0 Å². The molecular weight excluding hydrogens is 233 g/mol. The molecule has 1 aromatic rings. The van der Waals surface area contributed by atoms with Crippen molar-refractivity contribution < 1.29 is 24.0 Å². The van der Waals surface area contributed by atoms with Gasteiger partial charge in [-0.3, -0.25) is 14.9 Å². The Morgan fingerprint density at radius 2 is 2.24 bits per heavy atom. The second-order valence-corrected chi connectivity index (χ2v) is 3.27. The minimum absolute atomic E-state index is 0.0306. The van der Waals surface area contributed by atoms with Crippen molar-refractivity contribution >= 4 is 11.7 Å². The Balaban J connectivity index is 3.14. The number of hydrogen-bond acceptors (Lipinski definition) is 4. The van der Waals surface area contributed by atoms with Gasteiger partial charge in [-0.05, 0) is 6.42 Å². The molecule has 0 bridgehead atoms. The van der Waals surface area contributed by atoms with Crippen LogP contribution >= 0.6 is 0 Å². The van der Waals surface area contributed by atoms with Crippen LogP contribution in [0.15, 0.2) is 12.1 Å². The highest BCUT2D eigenvalue weighted by atomic mass is 19.1. The number of nitro groups is 1. The molecule has 0 amide bonds. The molecule has 0 atom stereocenters. The van der Waals surface area contributed by atoms with Gasteiger partial charge in [0.25, 0.3) is 5.69 Å². The van der Waals surface area contributed by atoms with E-state index < -0.39 is 22.4 Å². The van der Waals surface area contributed by atoms with Crippen LogP contribution in [0.1, 0.15) is 12.0 Å². The molecule has 0 radical (unpaired) electrons. The fourth-order valence-electron chi connectivity index (χ4n) is 1.40. The number of carboxylic acids is 1. The number of rotatable bonds is 5. The number of halogens is 1. The van der Waals surface area contributed by atoms with E-state index in [0.717, 1.165) is 12.1 Å². The fraction of sp³-hybridized carbons (Fsp3) is 0.300. The fourth-order valence-corrected chi connectivity index (χ4v) is 1.40.